The molecule has 0 saturated carbocycles. The van der Waals surface area contributed by atoms with Crippen molar-refractivity contribution in [2.45, 2.75) is 17.7 Å². The monoisotopic (exact) mass is 317 g/mol. The molecular formula is C11H12BrNO3S. The van der Waals surface area contributed by atoms with Gasteiger partial charge in [-0.15, -0.1) is 0 Å². The van der Waals surface area contributed by atoms with Crippen LogP contribution < -0.4 is 4.72 Å². The number of hydrogen-bond acceptors (Lipinski definition) is 3. The van der Waals surface area contributed by atoms with Gasteiger partial charge in [0.1, 0.15) is 0 Å². The molecule has 0 amide bonds. The van der Waals surface area contributed by atoms with Crippen molar-refractivity contribution in [3.63, 3.8) is 0 Å². The van der Waals surface area contributed by atoms with Gasteiger partial charge in [-0.1, -0.05) is 22.0 Å². The van der Waals surface area contributed by atoms with Crippen LogP contribution in [0, 0.1) is 0 Å². The molecule has 1 aliphatic rings. The van der Waals surface area contributed by atoms with Crippen LogP contribution in [0.15, 0.2) is 18.2 Å². The minimum atomic E-state index is -3.31. The molecule has 1 atom stereocenters. The second-order valence-corrected chi connectivity index (χ2v) is 6.97. The fourth-order valence-electron chi connectivity index (χ4n) is 1.88. The largest absolute Gasteiger partial charge is 0.293 e. The van der Waals surface area contributed by atoms with E-state index in [9.17, 15) is 13.2 Å². The summed E-state index contributed by atoms with van der Waals surface area (Å²) in [6.07, 6.45) is 2.70. The zero-order chi connectivity index (χ0) is 12.6. The van der Waals surface area contributed by atoms with Crippen molar-refractivity contribution >= 4 is 37.4 Å². The minimum absolute atomic E-state index is 0.0170. The van der Waals surface area contributed by atoms with E-state index in [2.05, 4.69) is 20.7 Å². The number of halogens is 1. The molecule has 6 heteroatoms. The SMILES string of the molecule is CS(=O)(=O)Nc1ccc2c(c1)C(=O)C(Br)CC2. The van der Waals surface area contributed by atoms with Crippen LogP contribution in [-0.2, 0) is 16.4 Å². The van der Waals surface area contributed by atoms with Gasteiger partial charge in [0.05, 0.1) is 11.1 Å². The molecule has 0 radical (unpaired) electrons. The van der Waals surface area contributed by atoms with Crippen LogP contribution in [0.2, 0.25) is 0 Å². The predicted molar refractivity (Wildman–Crippen MR) is 70.3 cm³/mol. The molecule has 0 spiro atoms. The van der Waals surface area contributed by atoms with E-state index in [1.165, 1.54) is 0 Å². The Labute approximate surface area is 109 Å². The normalized spacial score (nSPS) is 19.9. The summed E-state index contributed by atoms with van der Waals surface area (Å²) in [6.45, 7) is 0. The Balaban J connectivity index is 2.39. The number of aryl methyl sites for hydroxylation is 1. The second kappa shape index (κ2) is 4.42. The lowest BCUT2D eigenvalue weighted by atomic mass is 9.90. The number of fused-ring (bicyclic) bond motifs is 1. The summed E-state index contributed by atoms with van der Waals surface area (Å²) >= 11 is 3.32. The van der Waals surface area contributed by atoms with Gasteiger partial charge in [-0.25, -0.2) is 8.42 Å². The van der Waals surface area contributed by atoms with Crippen molar-refractivity contribution in [1.82, 2.24) is 0 Å². The van der Waals surface area contributed by atoms with E-state index < -0.39 is 10.0 Å². The second-order valence-electron chi connectivity index (χ2n) is 4.12. The molecule has 0 saturated heterocycles. The first-order valence-electron chi connectivity index (χ1n) is 5.16. The summed E-state index contributed by atoms with van der Waals surface area (Å²) in [7, 11) is -3.31. The lowest BCUT2D eigenvalue weighted by Crippen LogP contribution is -2.22. The number of sulfonamides is 1. The van der Waals surface area contributed by atoms with Crippen molar-refractivity contribution in [1.29, 1.82) is 0 Å². The fourth-order valence-corrected chi connectivity index (χ4v) is 2.91. The summed E-state index contributed by atoms with van der Waals surface area (Å²) in [6, 6.07) is 5.09. The highest BCUT2D eigenvalue weighted by Crippen LogP contribution is 2.28. The van der Waals surface area contributed by atoms with Crippen LogP contribution in [0.4, 0.5) is 5.69 Å². The van der Waals surface area contributed by atoms with Crippen LogP contribution in [0.25, 0.3) is 0 Å². The van der Waals surface area contributed by atoms with Gasteiger partial charge >= 0.3 is 0 Å². The zero-order valence-corrected chi connectivity index (χ0v) is 11.6. The Bertz CT molecular complexity index is 568. The van der Waals surface area contributed by atoms with Crippen LogP contribution in [0.3, 0.4) is 0 Å². The van der Waals surface area contributed by atoms with Crippen molar-refractivity contribution in [2.24, 2.45) is 0 Å². The van der Waals surface area contributed by atoms with Crippen molar-refractivity contribution < 1.29 is 13.2 Å². The van der Waals surface area contributed by atoms with Crippen molar-refractivity contribution in [2.75, 3.05) is 11.0 Å². The molecule has 1 aliphatic carbocycles. The van der Waals surface area contributed by atoms with Gasteiger partial charge in [0.25, 0.3) is 0 Å². The number of ketones is 1. The van der Waals surface area contributed by atoms with E-state index in [0.717, 1.165) is 24.7 Å². The van der Waals surface area contributed by atoms with E-state index in [-0.39, 0.29) is 10.6 Å². The average Bonchev–Trinajstić information content (AvgIpc) is 2.22. The van der Waals surface area contributed by atoms with Gasteiger partial charge < -0.3 is 0 Å². The Kier molecular flexibility index (Phi) is 3.27. The third kappa shape index (κ3) is 2.87. The smallest absolute Gasteiger partial charge is 0.229 e. The number of alkyl halides is 1. The zero-order valence-electron chi connectivity index (χ0n) is 9.23. The van der Waals surface area contributed by atoms with Crippen LogP contribution in [-0.4, -0.2) is 25.3 Å². The number of anilines is 1. The third-order valence-electron chi connectivity index (χ3n) is 2.63. The molecule has 0 bridgehead atoms. The Hall–Kier alpha value is -0.880. The number of rotatable bonds is 2. The van der Waals surface area contributed by atoms with Crippen LogP contribution in [0.1, 0.15) is 22.3 Å². The molecule has 0 aromatic heterocycles. The average molecular weight is 318 g/mol. The van der Waals surface area contributed by atoms with Gasteiger partial charge in [0, 0.05) is 11.3 Å². The van der Waals surface area contributed by atoms with Crippen molar-refractivity contribution in [3.05, 3.63) is 29.3 Å². The predicted octanol–water partition coefficient (Wildman–Crippen LogP) is 1.95. The van der Waals surface area contributed by atoms with Gasteiger partial charge in [0.2, 0.25) is 10.0 Å². The van der Waals surface area contributed by atoms with E-state index >= 15 is 0 Å². The van der Waals surface area contributed by atoms with Crippen molar-refractivity contribution in [3.8, 4) is 0 Å². The molecule has 0 aliphatic heterocycles. The molecule has 1 aromatic carbocycles. The number of nitrogens with one attached hydrogen (secondary N) is 1. The molecule has 2 rings (SSSR count). The first kappa shape index (κ1) is 12.6. The Morgan fingerprint density at radius 3 is 2.76 bits per heavy atom. The molecule has 92 valence electrons. The number of carbonyl (C=O) groups is 1. The maximum atomic E-state index is 11.9. The van der Waals surface area contributed by atoms with Crippen LogP contribution in [0.5, 0.6) is 0 Å². The first-order valence-corrected chi connectivity index (χ1v) is 7.96. The molecule has 1 aromatic rings. The van der Waals surface area contributed by atoms with Gasteiger partial charge in [-0.3, -0.25) is 9.52 Å². The maximum Gasteiger partial charge on any atom is 0.229 e. The number of benzene rings is 1. The summed E-state index contributed by atoms with van der Waals surface area (Å²) in [4.78, 5) is 11.7. The highest BCUT2D eigenvalue weighted by atomic mass is 79.9. The standard InChI is InChI=1S/C11H12BrNO3S/c1-17(15,16)13-8-4-2-7-3-5-10(12)11(14)9(7)6-8/h2,4,6,10,13H,3,5H2,1H3. The summed E-state index contributed by atoms with van der Waals surface area (Å²) in [5, 5.41) is 0. The van der Waals surface area contributed by atoms with E-state index in [1.54, 1.807) is 18.2 Å². The number of carbonyl (C=O) groups excluding carboxylic acids is 1. The maximum absolute atomic E-state index is 11.9. The molecule has 1 unspecified atom stereocenters. The van der Waals surface area contributed by atoms with E-state index in [1.807, 2.05) is 0 Å². The molecular weight excluding hydrogens is 306 g/mol. The lowest BCUT2D eigenvalue weighted by molar-refractivity contribution is 0.0981. The minimum Gasteiger partial charge on any atom is -0.293 e. The van der Waals surface area contributed by atoms with E-state index in [4.69, 9.17) is 0 Å². The van der Waals surface area contributed by atoms with Crippen LogP contribution >= 0.6 is 15.9 Å². The van der Waals surface area contributed by atoms with E-state index in [0.29, 0.717) is 11.3 Å². The van der Waals surface area contributed by atoms with Gasteiger partial charge in [-0.2, -0.15) is 0 Å². The quantitative estimate of drug-likeness (QED) is 0.848. The first-order chi connectivity index (χ1) is 7.87. The number of Topliss-reactive ketones (excluding diaryl/α,β-unsaturated/α-hetero) is 1. The lowest BCUT2D eigenvalue weighted by Gasteiger charge is -2.19. The summed E-state index contributed by atoms with van der Waals surface area (Å²) in [5.74, 6) is 0.0170. The highest BCUT2D eigenvalue weighted by Gasteiger charge is 2.25. The summed E-state index contributed by atoms with van der Waals surface area (Å²) < 4.78 is 24.6. The van der Waals surface area contributed by atoms with Gasteiger partial charge in [0.15, 0.2) is 5.78 Å². The Morgan fingerprint density at radius 1 is 1.41 bits per heavy atom. The number of hydrogen-bond donors (Lipinski definition) is 1. The highest BCUT2D eigenvalue weighted by molar-refractivity contribution is 9.10. The summed E-state index contributed by atoms with van der Waals surface area (Å²) in [5.41, 5.74) is 2.01. The third-order valence-corrected chi connectivity index (χ3v) is 4.11. The molecule has 0 heterocycles. The Morgan fingerprint density at radius 2 is 2.12 bits per heavy atom. The topological polar surface area (TPSA) is 63.2 Å². The molecule has 4 nitrogen and oxygen atoms in total. The molecule has 0 fully saturated rings. The molecule has 1 N–H and O–H groups in total. The fraction of sp³-hybridized carbons (Fsp3) is 0.364. The molecule has 17 heavy (non-hydrogen) atoms. The van der Waals surface area contributed by atoms with Gasteiger partial charge in [-0.05, 0) is 30.5 Å².